The van der Waals surface area contributed by atoms with E-state index in [4.69, 9.17) is 0 Å². The molecule has 0 fully saturated rings. The molecule has 21 heavy (non-hydrogen) atoms. The number of nitrogens with zero attached hydrogens (tertiary/aromatic N) is 1. The van der Waals surface area contributed by atoms with Crippen molar-refractivity contribution in [2.75, 3.05) is 0 Å². The van der Waals surface area contributed by atoms with Crippen LogP contribution in [0.2, 0.25) is 0 Å². The Bertz CT molecular complexity index is 585. The fourth-order valence-corrected chi connectivity index (χ4v) is 3.64. The van der Waals surface area contributed by atoms with E-state index in [2.05, 4.69) is 38.0 Å². The van der Waals surface area contributed by atoms with Crippen LogP contribution in [0.1, 0.15) is 36.3 Å². The third-order valence-electron chi connectivity index (χ3n) is 2.89. The van der Waals surface area contributed by atoms with Crippen molar-refractivity contribution in [3.63, 3.8) is 0 Å². The normalized spacial score (nSPS) is 11.9. The van der Waals surface area contributed by atoms with Crippen LogP contribution in [0.3, 0.4) is 0 Å². The van der Waals surface area contributed by atoms with Crippen molar-refractivity contribution >= 4 is 23.1 Å². The quantitative estimate of drug-likeness (QED) is 0.802. The Morgan fingerprint density at radius 2 is 1.90 bits per heavy atom. The van der Waals surface area contributed by atoms with Gasteiger partial charge in [0.2, 0.25) is 0 Å². The molecule has 0 aliphatic carbocycles. The maximum Gasteiger partial charge on any atom is 0.123 e. The van der Waals surface area contributed by atoms with Crippen molar-refractivity contribution in [1.82, 2.24) is 10.3 Å². The molecular weight excluding hydrogens is 303 g/mol. The van der Waals surface area contributed by atoms with E-state index in [0.717, 1.165) is 27.9 Å². The van der Waals surface area contributed by atoms with Crippen molar-refractivity contribution in [3.8, 4) is 0 Å². The maximum atomic E-state index is 12.9. The second kappa shape index (κ2) is 6.90. The highest BCUT2D eigenvalue weighted by atomic mass is 32.2. The fourth-order valence-electron chi connectivity index (χ4n) is 1.74. The number of thioether (sulfide) groups is 1. The summed E-state index contributed by atoms with van der Waals surface area (Å²) in [6.07, 6.45) is 0. The highest BCUT2D eigenvalue weighted by molar-refractivity contribution is 7.98. The number of aromatic nitrogens is 1. The molecule has 2 rings (SSSR count). The number of benzene rings is 1. The average molecular weight is 324 g/mol. The van der Waals surface area contributed by atoms with Crippen molar-refractivity contribution in [1.29, 1.82) is 0 Å². The van der Waals surface area contributed by atoms with Gasteiger partial charge in [0.05, 0.1) is 11.4 Å². The van der Waals surface area contributed by atoms with E-state index in [1.54, 1.807) is 23.1 Å². The van der Waals surface area contributed by atoms with Crippen LogP contribution in [0.15, 0.2) is 29.2 Å². The van der Waals surface area contributed by atoms with Gasteiger partial charge in [0.15, 0.2) is 0 Å². The molecule has 1 aromatic carbocycles. The molecule has 0 bridgehead atoms. The first-order chi connectivity index (χ1) is 9.83. The van der Waals surface area contributed by atoms with E-state index in [1.165, 1.54) is 17.0 Å². The Hall–Kier alpha value is -0.910. The van der Waals surface area contributed by atoms with Gasteiger partial charge in [-0.2, -0.15) is 0 Å². The largest absolute Gasteiger partial charge is 0.307 e. The molecule has 0 unspecified atom stereocenters. The number of halogens is 1. The molecule has 1 aromatic heterocycles. The summed E-state index contributed by atoms with van der Waals surface area (Å²) < 4.78 is 12.9. The second-order valence-corrected chi connectivity index (χ2v) is 8.18. The van der Waals surface area contributed by atoms with Gasteiger partial charge in [-0.05, 0) is 52.0 Å². The van der Waals surface area contributed by atoms with Gasteiger partial charge >= 0.3 is 0 Å². The van der Waals surface area contributed by atoms with Crippen molar-refractivity contribution in [2.45, 2.75) is 50.4 Å². The molecule has 0 saturated heterocycles. The van der Waals surface area contributed by atoms with E-state index in [0.29, 0.717) is 0 Å². The minimum absolute atomic E-state index is 0.111. The lowest BCUT2D eigenvalue weighted by Crippen LogP contribution is -2.34. The summed E-state index contributed by atoms with van der Waals surface area (Å²) in [4.78, 5) is 6.99. The van der Waals surface area contributed by atoms with Crippen LogP contribution >= 0.6 is 23.1 Å². The molecular formula is C16H21FN2S2. The summed E-state index contributed by atoms with van der Waals surface area (Å²) in [5.74, 6) is 0.632. The maximum absolute atomic E-state index is 12.9. The molecule has 0 aliphatic rings. The molecule has 5 heteroatoms. The molecule has 0 atom stereocenters. The molecule has 2 nitrogen and oxygen atoms in total. The highest BCUT2D eigenvalue weighted by Gasteiger charge is 2.12. The number of rotatable bonds is 5. The van der Waals surface area contributed by atoms with Gasteiger partial charge in [0.25, 0.3) is 0 Å². The van der Waals surface area contributed by atoms with Gasteiger partial charge in [0, 0.05) is 21.9 Å². The van der Waals surface area contributed by atoms with Gasteiger partial charge in [-0.1, -0.05) is 0 Å². The van der Waals surface area contributed by atoms with Crippen molar-refractivity contribution < 1.29 is 4.39 Å². The molecule has 1 heterocycles. The van der Waals surface area contributed by atoms with E-state index in [-0.39, 0.29) is 11.4 Å². The average Bonchev–Trinajstić information content (AvgIpc) is 2.76. The Morgan fingerprint density at radius 3 is 2.52 bits per heavy atom. The first-order valence-electron chi connectivity index (χ1n) is 6.92. The molecule has 0 aliphatic heterocycles. The molecule has 0 spiro atoms. The molecule has 0 saturated carbocycles. The number of hydrogen-bond acceptors (Lipinski definition) is 4. The lowest BCUT2D eigenvalue weighted by molar-refractivity contribution is 0.425. The monoisotopic (exact) mass is 324 g/mol. The highest BCUT2D eigenvalue weighted by Crippen LogP contribution is 2.27. The van der Waals surface area contributed by atoms with E-state index >= 15 is 0 Å². The van der Waals surface area contributed by atoms with E-state index in [9.17, 15) is 4.39 Å². The SMILES string of the molecule is Cc1nc(CSc2ccc(F)cc2)sc1CNC(C)(C)C. The molecule has 2 aromatic rings. The summed E-state index contributed by atoms with van der Waals surface area (Å²) >= 11 is 3.44. The van der Waals surface area contributed by atoms with Crippen molar-refractivity contribution in [3.05, 3.63) is 45.7 Å². The topological polar surface area (TPSA) is 24.9 Å². The van der Waals surface area contributed by atoms with Crippen molar-refractivity contribution in [2.24, 2.45) is 0 Å². The van der Waals surface area contributed by atoms with Gasteiger partial charge in [0.1, 0.15) is 10.8 Å². The minimum Gasteiger partial charge on any atom is -0.307 e. The molecule has 114 valence electrons. The lowest BCUT2D eigenvalue weighted by atomic mass is 10.1. The standard InChI is InChI=1S/C16H21FN2S2/c1-11-14(9-18-16(2,3)4)21-15(19-11)10-20-13-7-5-12(17)6-8-13/h5-8,18H,9-10H2,1-4H3. The summed E-state index contributed by atoms with van der Waals surface area (Å²) in [5.41, 5.74) is 1.21. The number of aryl methyl sites for hydroxylation is 1. The van der Waals surface area contributed by atoms with Gasteiger partial charge in [-0.3, -0.25) is 0 Å². The van der Waals surface area contributed by atoms with Crippen LogP contribution in [0.4, 0.5) is 4.39 Å². The first-order valence-corrected chi connectivity index (χ1v) is 8.72. The Labute approximate surface area is 134 Å². The second-order valence-electron chi connectivity index (χ2n) is 5.96. The first kappa shape index (κ1) is 16.5. The van der Waals surface area contributed by atoms with Crippen LogP contribution in [0, 0.1) is 12.7 Å². The van der Waals surface area contributed by atoms with Gasteiger partial charge in [-0.25, -0.2) is 9.37 Å². The predicted molar refractivity (Wildman–Crippen MR) is 89.4 cm³/mol. The molecule has 0 radical (unpaired) electrons. The number of hydrogen-bond donors (Lipinski definition) is 1. The zero-order valence-electron chi connectivity index (χ0n) is 12.9. The van der Waals surface area contributed by atoms with Crippen LogP contribution in [-0.4, -0.2) is 10.5 Å². The van der Waals surface area contributed by atoms with Crippen LogP contribution in [0.25, 0.3) is 0 Å². The molecule has 1 N–H and O–H groups in total. The fraction of sp³-hybridized carbons (Fsp3) is 0.438. The summed E-state index contributed by atoms with van der Waals surface area (Å²) in [7, 11) is 0. The van der Waals surface area contributed by atoms with Crippen LogP contribution in [0.5, 0.6) is 0 Å². The lowest BCUT2D eigenvalue weighted by Gasteiger charge is -2.19. The third-order valence-corrected chi connectivity index (χ3v) is 5.26. The smallest absolute Gasteiger partial charge is 0.123 e. The Balaban J connectivity index is 1.94. The minimum atomic E-state index is -0.194. The van der Waals surface area contributed by atoms with Gasteiger partial charge < -0.3 is 5.32 Å². The number of nitrogens with one attached hydrogen (secondary N) is 1. The van der Waals surface area contributed by atoms with E-state index in [1.807, 2.05) is 12.1 Å². The van der Waals surface area contributed by atoms with Crippen LogP contribution in [-0.2, 0) is 12.3 Å². The summed E-state index contributed by atoms with van der Waals surface area (Å²) in [6, 6.07) is 6.60. The Kier molecular flexibility index (Phi) is 5.41. The van der Waals surface area contributed by atoms with Crippen LogP contribution < -0.4 is 5.32 Å². The van der Waals surface area contributed by atoms with Gasteiger partial charge in [-0.15, -0.1) is 23.1 Å². The summed E-state index contributed by atoms with van der Waals surface area (Å²) in [6.45, 7) is 9.40. The summed E-state index contributed by atoms with van der Waals surface area (Å²) in [5, 5.41) is 4.61. The Morgan fingerprint density at radius 1 is 1.24 bits per heavy atom. The van der Waals surface area contributed by atoms with E-state index < -0.39 is 0 Å². The zero-order chi connectivity index (χ0) is 15.5. The number of thiazole rings is 1. The third kappa shape index (κ3) is 5.41. The predicted octanol–water partition coefficient (Wildman–Crippen LogP) is 4.77. The molecule has 0 amide bonds. The zero-order valence-corrected chi connectivity index (χ0v) is 14.5.